The predicted octanol–water partition coefficient (Wildman–Crippen LogP) is 3.39. The summed E-state index contributed by atoms with van der Waals surface area (Å²) in [5.41, 5.74) is 0.180. The van der Waals surface area contributed by atoms with Crippen molar-refractivity contribution in [3.63, 3.8) is 0 Å². The van der Waals surface area contributed by atoms with E-state index in [2.05, 4.69) is 17.2 Å². The molecule has 0 aromatic carbocycles. The Kier molecular flexibility index (Phi) is 4.22. The molecule has 0 atom stereocenters. The predicted molar refractivity (Wildman–Crippen MR) is 73.4 cm³/mol. The highest BCUT2D eigenvalue weighted by Gasteiger charge is 2.19. The standard InChI is InChI=1S/C13H20N2O2S/c1-8-3-5-10(6-4-8)7-14-13-15-11(12(16)17)9(2)18-13/h8,10H,3-7H2,1-2H3,(H,14,15)(H,16,17). The Hall–Kier alpha value is -1.10. The third-order valence-electron chi connectivity index (χ3n) is 3.68. The number of rotatable bonds is 4. The van der Waals surface area contributed by atoms with Crippen LogP contribution in [-0.4, -0.2) is 22.6 Å². The quantitative estimate of drug-likeness (QED) is 0.878. The number of nitrogens with zero attached hydrogens (tertiary/aromatic N) is 1. The van der Waals surface area contributed by atoms with E-state index in [0.717, 1.165) is 22.5 Å². The highest BCUT2D eigenvalue weighted by atomic mass is 32.1. The van der Waals surface area contributed by atoms with Gasteiger partial charge in [-0.1, -0.05) is 19.8 Å². The van der Waals surface area contributed by atoms with Gasteiger partial charge < -0.3 is 10.4 Å². The summed E-state index contributed by atoms with van der Waals surface area (Å²) >= 11 is 1.43. The minimum absolute atomic E-state index is 0.180. The van der Waals surface area contributed by atoms with Gasteiger partial charge in [0, 0.05) is 11.4 Å². The number of carboxylic acids is 1. The summed E-state index contributed by atoms with van der Waals surface area (Å²) in [5, 5.41) is 13.0. The molecular formula is C13H20N2O2S. The van der Waals surface area contributed by atoms with E-state index in [-0.39, 0.29) is 5.69 Å². The Balaban J connectivity index is 1.86. The van der Waals surface area contributed by atoms with E-state index in [0.29, 0.717) is 5.92 Å². The second-order valence-corrected chi connectivity index (χ2v) is 6.44. The molecule has 5 heteroatoms. The fraction of sp³-hybridized carbons (Fsp3) is 0.692. The molecule has 0 bridgehead atoms. The van der Waals surface area contributed by atoms with Crippen molar-refractivity contribution in [1.82, 2.24) is 4.98 Å². The molecule has 0 amide bonds. The third-order valence-corrected chi connectivity index (χ3v) is 4.61. The van der Waals surface area contributed by atoms with Crippen molar-refractivity contribution in [2.75, 3.05) is 11.9 Å². The molecule has 1 fully saturated rings. The van der Waals surface area contributed by atoms with Gasteiger partial charge >= 0.3 is 5.97 Å². The molecule has 1 heterocycles. The van der Waals surface area contributed by atoms with Gasteiger partial charge in [0.05, 0.1) is 0 Å². The number of thiazole rings is 1. The summed E-state index contributed by atoms with van der Waals surface area (Å²) < 4.78 is 0. The van der Waals surface area contributed by atoms with Crippen LogP contribution in [0.2, 0.25) is 0 Å². The first-order valence-electron chi connectivity index (χ1n) is 6.51. The Morgan fingerprint density at radius 3 is 2.67 bits per heavy atom. The molecule has 100 valence electrons. The van der Waals surface area contributed by atoms with Gasteiger partial charge in [0.15, 0.2) is 10.8 Å². The topological polar surface area (TPSA) is 62.2 Å². The zero-order valence-electron chi connectivity index (χ0n) is 10.9. The average Bonchev–Trinajstić information content (AvgIpc) is 2.70. The van der Waals surface area contributed by atoms with Gasteiger partial charge in [-0.05, 0) is 31.6 Å². The van der Waals surface area contributed by atoms with E-state index in [1.165, 1.54) is 37.0 Å². The number of hydrogen-bond acceptors (Lipinski definition) is 4. The van der Waals surface area contributed by atoms with Crippen molar-refractivity contribution in [3.8, 4) is 0 Å². The number of aromatic nitrogens is 1. The van der Waals surface area contributed by atoms with Crippen LogP contribution in [0.1, 0.15) is 48.0 Å². The molecule has 1 aliphatic rings. The van der Waals surface area contributed by atoms with Gasteiger partial charge in [0.2, 0.25) is 0 Å². The Morgan fingerprint density at radius 1 is 1.44 bits per heavy atom. The number of aromatic carboxylic acids is 1. The van der Waals surface area contributed by atoms with Gasteiger partial charge in [-0.2, -0.15) is 0 Å². The summed E-state index contributed by atoms with van der Waals surface area (Å²) in [7, 11) is 0. The lowest BCUT2D eigenvalue weighted by atomic mass is 9.83. The van der Waals surface area contributed by atoms with Crippen LogP contribution in [0.5, 0.6) is 0 Å². The van der Waals surface area contributed by atoms with Crippen LogP contribution in [0.25, 0.3) is 0 Å². The molecule has 4 nitrogen and oxygen atoms in total. The normalized spacial score (nSPS) is 23.9. The number of nitrogens with one attached hydrogen (secondary N) is 1. The smallest absolute Gasteiger partial charge is 0.355 e. The van der Waals surface area contributed by atoms with Crippen molar-refractivity contribution >= 4 is 22.4 Å². The molecule has 0 spiro atoms. The van der Waals surface area contributed by atoms with E-state index in [1.54, 1.807) is 6.92 Å². The summed E-state index contributed by atoms with van der Waals surface area (Å²) in [6, 6.07) is 0. The van der Waals surface area contributed by atoms with E-state index in [1.807, 2.05) is 0 Å². The van der Waals surface area contributed by atoms with E-state index < -0.39 is 5.97 Å². The largest absolute Gasteiger partial charge is 0.476 e. The molecule has 0 saturated heterocycles. The van der Waals surface area contributed by atoms with Gasteiger partial charge in [0.25, 0.3) is 0 Å². The number of aryl methyl sites for hydroxylation is 1. The summed E-state index contributed by atoms with van der Waals surface area (Å²) in [6.07, 6.45) is 5.15. The van der Waals surface area contributed by atoms with Gasteiger partial charge in [-0.3, -0.25) is 0 Å². The van der Waals surface area contributed by atoms with Crippen LogP contribution in [-0.2, 0) is 0 Å². The van der Waals surface area contributed by atoms with Crippen molar-refractivity contribution < 1.29 is 9.90 Å². The molecule has 0 unspecified atom stereocenters. The van der Waals surface area contributed by atoms with Crippen molar-refractivity contribution in [2.45, 2.75) is 39.5 Å². The summed E-state index contributed by atoms with van der Waals surface area (Å²) in [4.78, 5) is 15.8. The maximum atomic E-state index is 10.9. The molecule has 1 aromatic heterocycles. The van der Waals surface area contributed by atoms with Crippen LogP contribution >= 0.6 is 11.3 Å². The molecule has 2 N–H and O–H groups in total. The van der Waals surface area contributed by atoms with Crippen LogP contribution in [0.4, 0.5) is 5.13 Å². The fourth-order valence-electron chi connectivity index (χ4n) is 2.44. The highest BCUT2D eigenvalue weighted by molar-refractivity contribution is 7.15. The molecule has 0 aliphatic heterocycles. The zero-order valence-corrected chi connectivity index (χ0v) is 11.7. The van der Waals surface area contributed by atoms with Crippen LogP contribution in [0, 0.1) is 18.8 Å². The molecular weight excluding hydrogens is 248 g/mol. The Bertz CT molecular complexity index is 423. The lowest BCUT2D eigenvalue weighted by molar-refractivity contribution is 0.0690. The first-order chi connectivity index (χ1) is 8.56. The SMILES string of the molecule is Cc1sc(NCC2CCC(C)CC2)nc1C(=O)O. The lowest BCUT2D eigenvalue weighted by Gasteiger charge is -2.26. The first kappa shape index (κ1) is 13.3. The van der Waals surface area contributed by atoms with Crippen LogP contribution in [0.15, 0.2) is 0 Å². The number of hydrogen-bond donors (Lipinski definition) is 2. The molecule has 2 rings (SSSR count). The first-order valence-corrected chi connectivity index (χ1v) is 7.32. The van der Waals surface area contributed by atoms with Crippen molar-refractivity contribution in [2.24, 2.45) is 11.8 Å². The third kappa shape index (κ3) is 3.22. The molecule has 1 saturated carbocycles. The number of carboxylic acid groups (broad SMARTS) is 1. The molecule has 0 radical (unpaired) electrons. The maximum Gasteiger partial charge on any atom is 0.355 e. The van der Waals surface area contributed by atoms with Gasteiger partial charge in [-0.25, -0.2) is 9.78 Å². The van der Waals surface area contributed by atoms with Crippen molar-refractivity contribution in [3.05, 3.63) is 10.6 Å². The summed E-state index contributed by atoms with van der Waals surface area (Å²) in [6.45, 7) is 5.03. The Morgan fingerprint density at radius 2 is 2.11 bits per heavy atom. The van der Waals surface area contributed by atoms with Gasteiger partial charge in [0.1, 0.15) is 0 Å². The van der Waals surface area contributed by atoms with Crippen LogP contribution in [0.3, 0.4) is 0 Å². The lowest BCUT2D eigenvalue weighted by Crippen LogP contribution is -2.20. The minimum Gasteiger partial charge on any atom is -0.476 e. The molecule has 18 heavy (non-hydrogen) atoms. The van der Waals surface area contributed by atoms with Gasteiger partial charge in [-0.15, -0.1) is 11.3 Å². The highest BCUT2D eigenvalue weighted by Crippen LogP contribution is 2.29. The average molecular weight is 268 g/mol. The summed E-state index contributed by atoms with van der Waals surface area (Å²) in [5.74, 6) is 0.629. The van der Waals surface area contributed by atoms with E-state index >= 15 is 0 Å². The molecule has 1 aliphatic carbocycles. The monoisotopic (exact) mass is 268 g/mol. The van der Waals surface area contributed by atoms with Crippen molar-refractivity contribution in [1.29, 1.82) is 0 Å². The Labute approximate surface area is 111 Å². The van der Waals surface area contributed by atoms with Crippen LogP contribution < -0.4 is 5.32 Å². The zero-order chi connectivity index (χ0) is 13.1. The fourth-order valence-corrected chi connectivity index (χ4v) is 3.25. The maximum absolute atomic E-state index is 10.9. The van der Waals surface area contributed by atoms with E-state index in [4.69, 9.17) is 5.11 Å². The second-order valence-electron chi connectivity index (χ2n) is 5.24. The molecule has 1 aromatic rings. The van der Waals surface area contributed by atoms with E-state index in [9.17, 15) is 4.79 Å². The number of carbonyl (C=O) groups is 1. The second kappa shape index (κ2) is 5.69. The minimum atomic E-state index is -0.941. The number of anilines is 1.